The summed E-state index contributed by atoms with van der Waals surface area (Å²) >= 11 is 0. The maximum Gasteiger partial charge on any atom is 0.0932 e. The number of nitrogens with one attached hydrogen (secondary N) is 4. The van der Waals surface area contributed by atoms with Crippen LogP contribution in [0.25, 0.3) is 22.3 Å². The molecule has 0 aliphatic carbocycles. The van der Waals surface area contributed by atoms with E-state index >= 15 is 0 Å². The number of benzene rings is 4. The van der Waals surface area contributed by atoms with Gasteiger partial charge in [-0.05, 0) is 220 Å². The number of allylic oxidation sites excluding steroid dienone is 8. The van der Waals surface area contributed by atoms with Crippen molar-refractivity contribution in [3.05, 3.63) is 305 Å². The van der Waals surface area contributed by atoms with Crippen LogP contribution < -0.4 is 0 Å². The highest BCUT2D eigenvalue weighted by Gasteiger charge is 2.39. The molecule has 0 unspecified atom stereocenters. The highest BCUT2D eigenvalue weighted by Crippen LogP contribution is 2.48. The molecule has 0 saturated carbocycles. The molecule has 8 aromatic rings. The normalized spacial score (nSPS) is 19.9. The van der Waals surface area contributed by atoms with E-state index in [1.165, 1.54) is 44.6 Å². The Bertz CT molecular complexity index is 4100. The predicted octanol–water partition coefficient (Wildman–Crippen LogP) is 21.7. The number of hydrogen-bond acceptors (Lipinski definition) is 4. The van der Waals surface area contributed by atoms with Crippen molar-refractivity contribution in [2.45, 2.75) is 147 Å². The van der Waals surface area contributed by atoms with Gasteiger partial charge in [-0.1, -0.05) is 177 Å². The molecule has 5 aliphatic rings. The van der Waals surface area contributed by atoms with Gasteiger partial charge in [0.15, 0.2) is 0 Å². The minimum absolute atomic E-state index is 0.370. The van der Waals surface area contributed by atoms with Gasteiger partial charge in [-0.25, -0.2) is 20.0 Å². The minimum Gasteiger partial charge on any atom is -0.358 e. The fourth-order valence-corrected chi connectivity index (χ4v) is 14.7. The molecule has 8 nitrogen and oxygen atoms in total. The van der Waals surface area contributed by atoms with Gasteiger partial charge in [0.1, 0.15) is 0 Å². The number of aliphatic imine (C=N–C) groups is 4. The zero-order valence-electron chi connectivity index (χ0n) is 58.1. The van der Waals surface area contributed by atoms with Crippen LogP contribution in [-0.4, -0.2) is 42.8 Å². The Morgan fingerprint density at radius 1 is 0.277 bits per heavy atom. The molecule has 0 amide bonds. The molecule has 16 bridgehead atoms. The van der Waals surface area contributed by atoms with E-state index < -0.39 is 10.8 Å². The Morgan fingerprint density at radius 3 is 0.649 bits per heavy atom. The van der Waals surface area contributed by atoms with Crippen molar-refractivity contribution < 1.29 is 0 Å². The number of aromatic nitrogens is 4. The molecule has 4 aromatic carbocycles. The molecular weight excluding hydrogens is 1150 g/mol. The van der Waals surface area contributed by atoms with Gasteiger partial charge in [0.2, 0.25) is 0 Å². The summed E-state index contributed by atoms with van der Waals surface area (Å²) in [5.41, 5.74) is 33.7. The van der Waals surface area contributed by atoms with Crippen LogP contribution in [0, 0.1) is 23.7 Å². The number of aromatic amines is 4. The van der Waals surface area contributed by atoms with Crippen molar-refractivity contribution in [1.82, 2.24) is 19.9 Å². The van der Waals surface area contributed by atoms with Crippen LogP contribution in [0.15, 0.2) is 257 Å². The molecule has 0 fully saturated rings. The second-order valence-corrected chi connectivity index (χ2v) is 29.4. The van der Waals surface area contributed by atoms with Crippen LogP contribution >= 0.6 is 0 Å². The molecule has 0 saturated heterocycles. The van der Waals surface area contributed by atoms with Crippen molar-refractivity contribution in [1.29, 1.82) is 0 Å². The summed E-state index contributed by atoms with van der Waals surface area (Å²) in [5, 5.41) is 0. The zero-order valence-corrected chi connectivity index (χ0v) is 58.1. The van der Waals surface area contributed by atoms with Crippen LogP contribution in [0.2, 0.25) is 0 Å². The van der Waals surface area contributed by atoms with Crippen LogP contribution in [0.4, 0.5) is 0 Å². The highest BCUT2D eigenvalue weighted by atomic mass is 14.9. The number of H-pyrrole nitrogens is 4. The van der Waals surface area contributed by atoms with Gasteiger partial charge in [0, 0.05) is 78.7 Å². The lowest BCUT2D eigenvalue weighted by Gasteiger charge is -2.23. The van der Waals surface area contributed by atoms with Crippen molar-refractivity contribution >= 4 is 45.1 Å². The minimum atomic E-state index is -0.487. The van der Waals surface area contributed by atoms with Crippen LogP contribution in [-0.2, 0) is 10.8 Å². The standard InChI is InChI=1S/C86H92N8/c1-49(2)45-61-53(9)77-73(57-29-21-17-22-30-57)65-37-41-69(87-65)85(13,14)70-43-39-67(89-70)75(59-33-25-19-26-34-59)79-55(11)63(47-51(5)6)83(93-79)84-64(48-52(7)8)56(12)80(94-84)76(60-35-27-20-28-36-60)68-40-44-72(90-68)86(15,16)71-42-38-66(88-71)74(58-31-23-18-24-32-58)78-54(10)62(46-50(3)4)82(92-78)81(61)91-77/h17-44,49-52,87-90H,45-48H2,1-16H3/b77-73+,78-74+,79-75+,80-76?. The highest BCUT2D eigenvalue weighted by molar-refractivity contribution is 6.56. The first-order chi connectivity index (χ1) is 45.1. The SMILES string of the molecule is CC1=C(CC(C)C)C2=NC1=C(c1ccccc1)c1ccc([nH]1)C(C)(C)c1ccc([nH]1)/C(c1ccccc1)=C1/N=C(C3=N/C(=C(\c4ccccc4)c4ccc([nH]4)C(C)(C)c4ccc([nH]4)/C(c4ccccc4)=C4/N=C2C(CC(C)C)=C4C)C(C)=C3CC(C)C)C(CC(C)C)=C1C. The molecule has 0 radical (unpaired) electrons. The number of hydrogen-bond donors (Lipinski definition) is 4. The van der Waals surface area contributed by atoms with Crippen LogP contribution in [0.5, 0.6) is 0 Å². The summed E-state index contributed by atoms with van der Waals surface area (Å²) in [4.78, 5) is 40.0. The van der Waals surface area contributed by atoms with E-state index in [0.717, 1.165) is 161 Å². The third kappa shape index (κ3) is 11.5. The topological polar surface area (TPSA) is 113 Å². The summed E-state index contributed by atoms with van der Waals surface area (Å²) < 4.78 is 0. The summed E-state index contributed by atoms with van der Waals surface area (Å²) in [6.45, 7) is 37.0. The molecule has 94 heavy (non-hydrogen) atoms. The summed E-state index contributed by atoms with van der Waals surface area (Å²) in [5.74, 6) is 1.48. The third-order valence-corrected chi connectivity index (χ3v) is 19.9. The molecule has 5 aliphatic heterocycles. The lowest BCUT2D eigenvalue weighted by atomic mass is 9.86. The first-order valence-corrected chi connectivity index (χ1v) is 34.2. The fraction of sp³-hybridized carbons (Fsp3) is 0.302. The van der Waals surface area contributed by atoms with E-state index in [4.69, 9.17) is 20.0 Å². The molecule has 4 aromatic heterocycles. The van der Waals surface area contributed by atoms with E-state index in [9.17, 15) is 0 Å². The average molecular weight is 1240 g/mol. The summed E-state index contributed by atoms with van der Waals surface area (Å²) in [6.07, 6.45) is 3.43. The lowest BCUT2D eigenvalue weighted by Crippen LogP contribution is -2.20. The van der Waals surface area contributed by atoms with Gasteiger partial charge in [0.05, 0.1) is 45.6 Å². The Kier molecular flexibility index (Phi) is 17.0. The molecule has 476 valence electrons. The third-order valence-electron chi connectivity index (χ3n) is 19.9. The first kappa shape index (κ1) is 63.4. The zero-order chi connectivity index (χ0) is 66.1. The fourth-order valence-electron chi connectivity index (χ4n) is 14.7. The van der Waals surface area contributed by atoms with Crippen molar-refractivity contribution in [3.63, 3.8) is 0 Å². The lowest BCUT2D eigenvalue weighted by molar-refractivity contribution is 0.602. The van der Waals surface area contributed by atoms with Gasteiger partial charge < -0.3 is 19.9 Å². The Labute approximate surface area is 557 Å². The summed E-state index contributed by atoms with van der Waals surface area (Å²) in [6, 6.07) is 61.6. The molecule has 0 atom stereocenters. The molecule has 4 N–H and O–H groups in total. The number of fused-ring (bicyclic) bond motifs is 14. The maximum atomic E-state index is 5.93. The van der Waals surface area contributed by atoms with Crippen LogP contribution in [0.1, 0.15) is 204 Å². The average Bonchev–Trinajstić information content (AvgIpc) is 1.60. The van der Waals surface area contributed by atoms with E-state index in [2.05, 4.69) is 301 Å². The number of rotatable bonds is 12. The molecule has 0 spiro atoms. The van der Waals surface area contributed by atoms with Crippen molar-refractivity contribution in [3.8, 4) is 0 Å². The Morgan fingerprint density at radius 2 is 0.468 bits per heavy atom. The van der Waals surface area contributed by atoms with E-state index in [0.29, 0.717) is 23.7 Å². The summed E-state index contributed by atoms with van der Waals surface area (Å²) in [7, 11) is 0. The van der Waals surface area contributed by atoms with E-state index in [1.54, 1.807) is 0 Å². The number of nitrogens with zero attached hydrogens (tertiary/aromatic N) is 4. The van der Waals surface area contributed by atoms with Crippen molar-refractivity contribution in [2.24, 2.45) is 43.6 Å². The monoisotopic (exact) mass is 1240 g/mol. The molecule has 9 heterocycles. The van der Waals surface area contributed by atoms with Gasteiger partial charge in [-0.15, -0.1) is 0 Å². The Hall–Kier alpha value is -9.40. The molecular formula is C86H92N8. The largest absolute Gasteiger partial charge is 0.358 e. The quantitative estimate of drug-likeness (QED) is 0.0934. The maximum absolute atomic E-state index is 5.93. The van der Waals surface area contributed by atoms with Gasteiger partial charge >= 0.3 is 0 Å². The van der Waals surface area contributed by atoms with E-state index in [1.807, 2.05) is 0 Å². The molecule has 13 rings (SSSR count). The smallest absolute Gasteiger partial charge is 0.0932 e. The van der Waals surface area contributed by atoms with Gasteiger partial charge in [0.25, 0.3) is 0 Å². The van der Waals surface area contributed by atoms with Gasteiger partial charge in [-0.3, -0.25) is 0 Å². The van der Waals surface area contributed by atoms with E-state index in [-0.39, 0.29) is 0 Å². The second kappa shape index (κ2) is 25.1. The second-order valence-electron chi connectivity index (χ2n) is 29.4. The van der Waals surface area contributed by atoms with Crippen molar-refractivity contribution in [2.75, 3.05) is 0 Å². The Balaban J connectivity index is 1.10. The predicted molar refractivity (Wildman–Crippen MR) is 396 cm³/mol. The van der Waals surface area contributed by atoms with Crippen LogP contribution in [0.3, 0.4) is 0 Å². The molecule has 8 heteroatoms. The van der Waals surface area contributed by atoms with Gasteiger partial charge in [-0.2, -0.15) is 0 Å². The first-order valence-electron chi connectivity index (χ1n) is 34.2.